The van der Waals surface area contributed by atoms with Gasteiger partial charge in [0.1, 0.15) is 5.82 Å². The lowest BCUT2D eigenvalue weighted by molar-refractivity contribution is 0.413. The van der Waals surface area contributed by atoms with Gasteiger partial charge in [-0.05, 0) is 23.8 Å². The van der Waals surface area contributed by atoms with E-state index in [9.17, 15) is 12.8 Å². The highest BCUT2D eigenvalue weighted by Crippen LogP contribution is 2.19. The Morgan fingerprint density at radius 3 is 2.45 bits per heavy atom. The van der Waals surface area contributed by atoms with Gasteiger partial charge in [-0.25, -0.2) is 12.8 Å². The van der Waals surface area contributed by atoms with Crippen LogP contribution in [0.25, 0.3) is 0 Å². The molecule has 0 saturated carbocycles. The van der Waals surface area contributed by atoms with Crippen LogP contribution in [0.5, 0.6) is 0 Å². The smallest absolute Gasteiger partial charge is 0.207 e. The second-order valence-corrected chi connectivity index (χ2v) is 6.63. The van der Waals surface area contributed by atoms with Crippen LogP contribution in [0.15, 0.2) is 59.5 Å². The highest BCUT2D eigenvalue weighted by Gasteiger charge is 2.24. The van der Waals surface area contributed by atoms with Crippen LogP contribution in [0, 0.1) is 17.1 Å². The fourth-order valence-electron chi connectivity index (χ4n) is 2.02. The summed E-state index contributed by atoms with van der Waals surface area (Å²) in [5, 5.41) is 8.73. The summed E-state index contributed by atoms with van der Waals surface area (Å²) in [7, 11) is -3.85. The Kier molecular flexibility index (Phi) is 5.26. The standard InChI is InChI=1S/C16H15FN2O2S/c17-15-8-4-9-16(12-15)22(20,21)19(11-5-10-18)13-14-6-2-1-3-7-14/h1-4,6-9,12H,5,11,13H2. The van der Waals surface area contributed by atoms with Gasteiger partial charge >= 0.3 is 0 Å². The van der Waals surface area contributed by atoms with Crippen molar-refractivity contribution in [2.45, 2.75) is 17.9 Å². The average Bonchev–Trinajstić information content (AvgIpc) is 2.52. The lowest BCUT2D eigenvalue weighted by Crippen LogP contribution is -2.31. The van der Waals surface area contributed by atoms with Crippen LogP contribution in [0.2, 0.25) is 0 Å². The van der Waals surface area contributed by atoms with Gasteiger partial charge in [-0.2, -0.15) is 9.57 Å². The molecule has 0 spiro atoms. The lowest BCUT2D eigenvalue weighted by Gasteiger charge is -2.21. The first-order valence-electron chi connectivity index (χ1n) is 6.70. The van der Waals surface area contributed by atoms with E-state index < -0.39 is 15.8 Å². The van der Waals surface area contributed by atoms with Gasteiger partial charge in [-0.3, -0.25) is 0 Å². The third-order valence-corrected chi connectivity index (χ3v) is 4.95. The summed E-state index contributed by atoms with van der Waals surface area (Å²) in [5.74, 6) is -0.610. The molecule has 0 atom stereocenters. The Labute approximate surface area is 129 Å². The molecule has 0 aliphatic carbocycles. The number of nitrogens with zero attached hydrogens (tertiary/aromatic N) is 2. The van der Waals surface area contributed by atoms with E-state index in [1.54, 1.807) is 12.1 Å². The third-order valence-electron chi connectivity index (χ3n) is 3.11. The highest BCUT2D eigenvalue weighted by molar-refractivity contribution is 7.89. The van der Waals surface area contributed by atoms with Crippen LogP contribution in [0.4, 0.5) is 4.39 Å². The van der Waals surface area contributed by atoms with Crippen LogP contribution < -0.4 is 0 Å². The zero-order valence-corrected chi connectivity index (χ0v) is 12.6. The molecule has 2 aromatic rings. The maximum absolute atomic E-state index is 13.3. The minimum Gasteiger partial charge on any atom is -0.207 e. The molecule has 0 saturated heterocycles. The van der Waals surface area contributed by atoms with Crippen molar-refractivity contribution in [3.8, 4) is 6.07 Å². The maximum Gasteiger partial charge on any atom is 0.243 e. The predicted molar refractivity (Wildman–Crippen MR) is 80.7 cm³/mol. The Morgan fingerprint density at radius 2 is 1.82 bits per heavy atom. The van der Waals surface area contributed by atoms with Crippen molar-refractivity contribution in [1.82, 2.24) is 4.31 Å². The second-order valence-electron chi connectivity index (χ2n) is 4.69. The largest absolute Gasteiger partial charge is 0.243 e. The quantitative estimate of drug-likeness (QED) is 0.822. The first-order chi connectivity index (χ1) is 10.5. The number of benzene rings is 2. The van der Waals surface area contributed by atoms with Crippen LogP contribution in [-0.4, -0.2) is 19.3 Å². The molecular weight excluding hydrogens is 303 g/mol. The topological polar surface area (TPSA) is 61.2 Å². The molecule has 0 heterocycles. The normalized spacial score (nSPS) is 11.3. The van der Waals surface area contributed by atoms with E-state index in [2.05, 4.69) is 0 Å². The molecule has 4 nitrogen and oxygen atoms in total. The molecule has 114 valence electrons. The SMILES string of the molecule is N#CCCN(Cc1ccccc1)S(=O)(=O)c1cccc(F)c1. The van der Waals surface area contributed by atoms with Gasteiger partial charge in [-0.15, -0.1) is 0 Å². The molecule has 0 aliphatic heterocycles. The van der Waals surface area contributed by atoms with Crippen molar-refractivity contribution in [3.63, 3.8) is 0 Å². The minimum atomic E-state index is -3.85. The summed E-state index contributed by atoms with van der Waals surface area (Å²) < 4.78 is 39.8. The molecule has 0 fully saturated rings. The molecule has 2 aromatic carbocycles. The van der Waals surface area contributed by atoms with Crippen molar-refractivity contribution < 1.29 is 12.8 Å². The minimum absolute atomic E-state index is 0.0598. The zero-order valence-electron chi connectivity index (χ0n) is 11.8. The Morgan fingerprint density at radius 1 is 1.09 bits per heavy atom. The van der Waals surface area contributed by atoms with Gasteiger partial charge < -0.3 is 0 Å². The monoisotopic (exact) mass is 318 g/mol. The van der Waals surface area contributed by atoms with Crippen molar-refractivity contribution in [2.75, 3.05) is 6.54 Å². The van der Waals surface area contributed by atoms with Crippen molar-refractivity contribution in [1.29, 1.82) is 5.26 Å². The van der Waals surface area contributed by atoms with E-state index in [1.807, 2.05) is 24.3 Å². The number of nitriles is 1. The molecule has 0 radical (unpaired) electrons. The second kappa shape index (κ2) is 7.16. The van der Waals surface area contributed by atoms with Crippen LogP contribution in [-0.2, 0) is 16.6 Å². The molecule has 0 unspecified atom stereocenters. The van der Waals surface area contributed by atoms with E-state index in [0.717, 1.165) is 11.6 Å². The number of hydrogen-bond donors (Lipinski definition) is 0. The van der Waals surface area contributed by atoms with Crippen LogP contribution in [0.1, 0.15) is 12.0 Å². The molecule has 2 rings (SSSR count). The zero-order chi connectivity index (χ0) is 16.0. The number of halogens is 1. The number of sulfonamides is 1. The summed E-state index contributed by atoms with van der Waals surface area (Å²) in [4.78, 5) is -0.110. The summed E-state index contributed by atoms with van der Waals surface area (Å²) in [6.45, 7) is 0.200. The molecule has 0 N–H and O–H groups in total. The summed E-state index contributed by atoms with van der Waals surface area (Å²) in [5.41, 5.74) is 0.806. The van der Waals surface area contributed by atoms with Gasteiger partial charge in [0, 0.05) is 19.5 Å². The number of rotatable bonds is 6. The molecule has 0 aromatic heterocycles. The highest BCUT2D eigenvalue weighted by atomic mass is 32.2. The fourth-order valence-corrected chi connectivity index (χ4v) is 3.48. The van der Waals surface area contributed by atoms with Crippen molar-refractivity contribution in [3.05, 3.63) is 66.0 Å². The van der Waals surface area contributed by atoms with E-state index in [1.165, 1.54) is 22.5 Å². The molecule has 6 heteroatoms. The average molecular weight is 318 g/mol. The van der Waals surface area contributed by atoms with Crippen LogP contribution in [0.3, 0.4) is 0 Å². The molecule has 0 aliphatic rings. The van der Waals surface area contributed by atoms with Crippen molar-refractivity contribution in [2.24, 2.45) is 0 Å². The van der Waals surface area contributed by atoms with E-state index in [-0.39, 0.29) is 24.4 Å². The molecule has 22 heavy (non-hydrogen) atoms. The first-order valence-corrected chi connectivity index (χ1v) is 8.14. The van der Waals surface area contributed by atoms with Gasteiger partial charge in [0.2, 0.25) is 10.0 Å². The van der Waals surface area contributed by atoms with Gasteiger partial charge in [0.25, 0.3) is 0 Å². The molecule has 0 amide bonds. The van der Waals surface area contributed by atoms with E-state index >= 15 is 0 Å². The summed E-state index contributed by atoms with van der Waals surface area (Å²) in [6, 6.07) is 15.9. The van der Waals surface area contributed by atoms with E-state index in [0.29, 0.717) is 0 Å². The fraction of sp³-hybridized carbons (Fsp3) is 0.188. The van der Waals surface area contributed by atoms with Gasteiger partial charge in [0.05, 0.1) is 11.0 Å². The first kappa shape index (κ1) is 16.1. The van der Waals surface area contributed by atoms with E-state index in [4.69, 9.17) is 5.26 Å². The Bertz CT molecular complexity index is 770. The number of hydrogen-bond acceptors (Lipinski definition) is 3. The Balaban J connectivity index is 2.33. The Hall–Kier alpha value is -2.23. The predicted octanol–water partition coefficient (Wildman–Crippen LogP) is 2.93. The van der Waals surface area contributed by atoms with Crippen LogP contribution >= 0.6 is 0 Å². The van der Waals surface area contributed by atoms with Gasteiger partial charge in [-0.1, -0.05) is 36.4 Å². The lowest BCUT2D eigenvalue weighted by atomic mass is 10.2. The molecule has 0 bridgehead atoms. The summed E-state index contributed by atoms with van der Waals surface area (Å²) >= 11 is 0. The van der Waals surface area contributed by atoms with Crippen molar-refractivity contribution >= 4 is 10.0 Å². The maximum atomic E-state index is 13.3. The van der Waals surface area contributed by atoms with Gasteiger partial charge in [0.15, 0.2) is 0 Å². The summed E-state index contributed by atoms with van der Waals surface area (Å²) in [6.07, 6.45) is 0.0708. The molecular formula is C16H15FN2O2S. The third kappa shape index (κ3) is 3.91.